The van der Waals surface area contributed by atoms with Gasteiger partial charge in [-0.2, -0.15) is 4.98 Å². The van der Waals surface area contributed by atoms with Crippen molar-refractivity contribution in [2.24, 2.45) is 16.8 Å². The summed E-state index contributed by atoms with van der Waals surface area (Å²) in [5.41, 5.74) is 4.06. The van der Waals surface area contributed by atoms with E-state index in [4.69, 9.17) is 26.6 Å². The Bertz CT molecular complexity index is 1710. The lowest BCUT2D eigenvalue weighted by molar-refractivity contribution is -0.127. The SMILES string of the molecule is C=CC(=O)N1C[C@H](C)N(c2nc(=O)n(C3=C(C(C)C)N=CCC3CC)c3nc(-c4ccccc4C=C)c(Cl)cc23)[C@@H](C)C1. The van der Waals surface area contributed by atoms with Gasteiger partial charge < -0.3 is 9.80 Å². The van der Waals surface area contributed by atoms with Gasteiger partial charge in [0.2, 0.25) is 5.91 Å². The number of aromatic nitrogens is 3. The molecule has 224 valence electrons. The first-order valence-corrected chi connectivity index (χ1v) is 15.3. The molecule has 1 saturated heterocycles. The van der Waals surface area contributed by atoms with Crippen molar-refractivity contribution >= 4 is 52.3 Å². The number of carbonyl (C=O) groups is 1. The van der Waals surface area contributed by atoms with Gasteiger partial charge in [-0.1, -0.05) is 75.9 Å². The largest absolute Gasteiger partial charge is 0.355 e. The lowest BCUT2D eigenvalue weighted by Crippen LogP contribution is -2.58. The first-order chi connectivity index (χ1) is 20.6. The predicted octanol–water partition coefficient (Wildman–Crippen LogP) is 6.69. The van der Waals surface area contributed by atoms with E-state index in [9.17, 15) is 9.59 Å². The van der Waals surface area contributed by atoms with Crippen LogP contribution in [0, 0.1) is 11.8 Å². The molecule has 1 unspecified atom stereocenters. The average Bonchev–Trinajstić information content (AvgIpc) is 2.99. The average molecular weight is 599 g/mol. The number of aliphatic imine (C=N–C) groups is 1. The van der Waals surface area contributed by atoms with Gasteiger partial charge in [-0.15, -0.1) is 0 Å². The number of amides is 1. The number of hydrogen-bond donors (Lipinski definition) is 0. The third-order valence-corrected chi connectivity index (χ3v) is 8.73. The van der Waals surface area contributed by atoms with Crippen LogP contribution in [0.15, 0.2) is 65.0 Å². The summed E-state index contributed by atoms with van der Waals surface area (Å²) < 4.78 is 1.67. The highest BCUT2D eigenvalue weighted by Crippen LogP contribution is 2.39. The van der Waals surface area contributed by atoms with Crippen LogP contribution in [0.25, 0.3) is 34.1 Å². The van der Waals surface area contributed by atoms with Crippen LogP contribution in [0.3, 0.4) is 0 Å². The zero-order valence-corrected chi connectivity index (χ0v) is 26.3. The molecule has 3 aromatic rings. The number of halogens is 1. The lowest BCUT2D eigenvalue weighted by atomic mass is 9.91. The molecular formula is C34H39ClN6O2. The van der Waals surface area contributed by atoms with E-state index in [-0.39, 0.29) is 29.8 Å². The summed E-state index contributed by atoms with van der Waals surface area (Å²) in [7, 11) is 0. The first-order valence-electron chi connectivity index (χ1n) is 14.9. The molecule has 8 nitrogen and oxygen atoms in total. The fourth-order valence-corrected chi connectivity index (χ4v) is 6.67. The maximum atomic E-state index is 14.3. The van der Waals surface area contributed by atoms with Gasteiger partial charge in [-0.3, -0.25) is 9.79 Å². The monoisotopic (exact) mass is 598 g/mol. The van der Waals surface area contributed by atoms with E-state index >= 15 is 0 Å². The Morgan fingerprint density at radius 3 is 2.47 bits per heavy atom. The quantitative estimate of drug-likeness (QED) is 0.283. The van der Waals surface area contributed by atoms with Gasteiger partial charge in [0.15, 0.2) is 5.65 Å². The molecule has 0 bridgehead atoms. The second kappa shape index (κ2) is 12.3. The van der Waals surface area contributed by atoms with Gasteiger partial charge in [0.1, 0.15) is 5.82 Å². The molecule has 0 N–H and O–H groups in total. The van der Waals surface area contributed by atoms with E-state index < -0.39 is 5.69 Å². The Morgan fingerprint density at radius 2 is 1.84 bits per heavy atom. The van der Waals surface area contributed by atoms with Crippen molar-refractivity contribution in [3.05, 3.63) is 76.3 Å². The smallest absolute Gasteiger partial charge is 0.347 e. The standard InChI is InChI=1S/C34H39ClN6O2/c1-8-23-13-11-12-14-25(23)30-27(35)17-26-32(37-30)41(31-24(9-2)15-16-36-29(31)20(4)5)34(43)38-33(26)40-21(6)18-39(19-22(40)7)28(42)10-3/h8,10-14,16-17,20-22,24H,1,3,9,15,18-19H2,2,4-7H3/t21-,22-,24?/m0/s1. The number of rotatable bonds is 7. The van der Waals surface area contributed by atoms with Crippen molar-refractivity contribution in [3.63, 3.8) is 0 Å². The molecule has 1 amide bonds. The molecule has 9 heteroatoms. The highest BCUT2D eigenvalue weighted by atomic mass is 35.5. The lowest BCUT2D eigenvalue weighted by Gasteiger charge is -2.45. The van der Waals surface area contributed by atoms with Crippen LogP contribution in [0.5, 0.6) is 0 Å². The van der Waals surface area contributed by atoms with Gasteiger partial charge >= 0.3 is 5.69 Å². The van der Waals surface area contributed by atoms with Crippen LogP contribution in [-0.4, -0.2) is 56.7 Å². The number of benzene rings is 1. The summed E-state index contributed by atoms with van der Waals surface area (Å²) in [6.45, 7) is 18.9. The van der Waals surface area contributed by atoms with E-state index in [1.165, 1.54) is 6.08 Å². The van der Waals surface area contributed by atoms with Gasteiger partial charge in [-0.05, 0) is 50.3 Å². The third kappa shape index (κ3) is 5.44. The number of piperazine rings is 1. The molecule has 43 heavy (non-hydrogen) atoms. The Hall–Kier alpha value is -4.04. The minimum atomic E-state index is -0.409. The van der Waals surface area contributed by atoms with Crippen LogP contribution in [0.4, 0.5) is 5.82 Å². The van der Waals surface area contributed by atoms with Crippen LogP contribution in [0.2, 0.25) is 5.02 Å². The molecule has 0 saturated carbocycles. The molecule has 1 aromatic carbocycles. The fraction of sp³-hybridized carbons (Fsp3) is 0.382. The number of allylic oxidation sites excluding steroid dienone is 2. The highest BCUT2D eigenvalue weighted by molar-refractivity contribution is 6.34. The van der Waals surface area contributed by atoms with Crippen LogP contribution < -0.4 is 10.6 Å². The maximum Gasteiger partial charge on any atom is 0.355 e. The first kappa shape index (κ1) is 30.4. The minimum Gasteiger partial charge on any atom is -0.347 e. The zero-order chi connectivity index (χ0) is 31.0. The van der Waals surface area contributed by atoms with Crippen LogP contribution >= 0.6 is 11.6 Å². The van der Waals surface area contributed by atoms with E-state index in [0.717, 1.165) is 35.4 Å². The number of nitrogens with zero attached hydrogens (tertiary/aromatic N) is 6. The summed E-state index contributed by atoms with van der Waals surface area (Å²) in [5.74, 6) is 0.569. The van der Waals surface area contributed by atoms with Crippen molar-refractivity contribution in [1.82, 2.24) is 19.4 Å². The number of hydrogen-bond acceptors (Lipinski definition) is 6. The van der Waals surface area contributed by atoms with Gasteiger partial charge in [0.25, 0.3) is 0 Å². The maximum absolute atomic E-state index is 14.3. The minimum absolute atomic E-state index is 0.0798. The molecule has 2 aliphatic rings. The van der Waals surface area contributed by atoms with Crippen molar-refractivity contribution in [1.29, 1.82) is 0 Å². The summed E-state index contributed by atoms with van der Waals surface area (Å²) in [5, 5.41) is 1.12. The normalized spacial score (nSPS) is 20.7. The van der Waals surface area contributed by atoms with Crippen LogP contribution in [-0.2, 0) is 4.79 Å². The molecule has 2 aliphatic heterocycles. The Morgan fingerprint density at radius 1 is 1.14 bits per heavy atom. The fourth-order valence-electron chi connectivity index (χ4n) is 6.42. The van der Waals surface area contributed by atoms with Crippen molar-refractivity contribution < 1.29 is 4.79 Å². The van der Waals surface area contributed by atoms with E-state index in [2.05, 4.69) is 38.8 Å². The molecular weight excluding hydrogens is 560 g/mol. The molecule has 0 spiro atoms. The summed E-state index contributed by atoms with van der Waals surface area (Å²) >= 11 is 7.02. The Balaban J connectivity index is 1.85. The number of pyridine rings is 1. The Labute approximate surface area is 258 Å². The molecule has 5 rings (SSSR count). The topological polar surface area (TPSA) is 83.7 Å². The number of fused-ring (bicyclic) bond motifs is 1. The molecule has 0 aliphatic carbocycles. The van der Waals surface area contributed by atoms with Gasteiger partial charge in [0.05, 0.1) is 27.5 Å². The molecule has 2 aromatic heterocycles. The van der Waals surface area contributed by atoms with E-state index in [0.29, 0.717) is 40.7 Å². The molecule has 4 heterocycles. The molecule has 0 radical (unpaired) electrons. The highest BCUT2D eigenvalue weighted by Gasteiger charge is 2.35. The molecule has 1 fully saturated rings. The Kier molecular flexibility index (Phi) is 8.69. The number of carbonyl (C=O) groups excluding carboxylic acids is 1. The van der Waals surface area contributed by atoms with E-state index in [1.54, 1.807) is 15.5 Å². The predicted molar refractivity (Wildman–Crippen MR) is 177 cm³/mol. The van der Waals surface area contributed by atoms with Gasteiger partial charge in [-0.25, -0.2) is 14.3 Å². The summed E-state index contributed by atoms with van der Waals surface area (Å²) in [6.07, 6.45) is 6.63. The van der Waals surface area contributed by atoms with Crippen molar-refractivity contribution in [2.45, 2.75) is 59.5 Å². The summed E-state index contributed by atoms with van der Waals surface area (Å²) in [4.78, 5) is 45.3. The summed E-state index contributed by atoms with van der Waals surface area (Å²) in [6, 6.07) is 9.44. The van der Waals surface area contributed by atoms with E-state index in [1.807, 2.05) is 50.4 Å². The van der Waals surface area contributed by atoms with Crippen molar-refractivity contribution in [3.8, 4) is 11.3 Å². The van der Waals surface area contributed by atoms with Crippen LogP contribution in [0.1, 0.15) is 53.0 Å². The van der Waals surface area contributed by atoms with Crippen molar-refractivity contribution in [2.75, 3.05) is 18.0 Å². The second-order valence-electron chi connectivity index (χ2n) is 11.7. The van der Waals surface area contributed by atoms with Gasteiger partial charge in [0, 0.05) is 42.9 Å². The molecule has 3 atom stereocenters. The zero-order valence-electron chi connectivity index (χ0n) is 25.5. The third-order valence-electron chi connectivity index (χ3n) is 8.44. The number of anilines is 1. The second-order valence-corrected chi connectivity index (χ2v) is 12.1.